The molecule has 0 aliphatic carbocycles. The molecule has 0 unspecified atom stereocenters. The number of hydrogen-bond acceptors (Lipinski definition) is 1. The van der Waals surface area contributed by atoms with E-state index in [4.69, 9.17) is 16.7 Å². The van der Waals surface area contributed by atoms with E-state index in [1.165, 1.54) is 0 Å². The van der Waals surface area contributed by atoms with Crippen LogP contribution in [0, 0.1) is 6.92 Å². The van der Waals surface area contributed by atoms with E-state index >= 15 is 0 Å². The standard InChI is InChI=1S/C14H11ClO2.C2H6/c1-9-8-11(14(16)17)4-7-13(9)10-2-5-12(15)6-3-10;1-2/h2-8H,1H3,(H,16,17);1-2H3. The normalized spacial score (nSPS) is 9.47. The Bertz CT molecular complexity index is 559. The van der Waals surface area contributed by atoms with Gasteiger partial charge >= 0.3 is 5.97 Å². The summed E-state index contributed by atoms with van der Waals surface area (Å²) in [5.41, 5.74) is 3.29. The molecule has 2 nitrogen and oxygen atoms in total. The first kappa shape index (κ1) is 15.3. The quantitative estimate of drug-likeness (QED) is 0.834. The molecular formula is C16H17ClO2. The van der Waals surface area contributed by atoms with Crippen LogP contribution >= 0.6 is 11.6 Å². The van der Waals surface area contributed by atoms with Crippen LogP contribution in [0.4, 0.5) is 0 Å². The molecule has 1 N–H and O–H groups in total. The van der Waals surface area contributed by atoms with Gasteiger partial charge in [-0.25, -0.2) is 4.79 Å². The van der Waals surface area contributed by atoms with E-state index in [0.29, 0.717) is 10.6 Å². The van der Waals surface area contributed by atoms with Crippen molar-refractivity contribution in [2.45, 2.75) is 20.8 Å². The molecule has 0 amide bonds. The van der Waals surface area contributed by atoms with Crippen LogP contribution in [-0.2, 0) is 0 Å². The lowest BCUT2D eigenvalue weighted by Gasteiger charge is -2.07. The summed E-state index contributed by atoms with van der Waals surface area (Å²) >= 11 is 5.83. The van der Waals surface area contributed by atoms with Crippen molar-refractivity contribution in [3.05, 3.63) is 58.6 Å². The van der Waals surface area contributed by atoms with Crippen molar-refractivity contribution in [1.82, 2.24) is 0 Å². The molecule has 0 fully saturated rings. The van der Waals surface area contributed by atoms with Crippen molar-refractivity contribution in [1.29, 1.82) is 0 Å². The number of rotatable bonds is 2. The van der Waals surface area contributed by atoms with E-state index in [2.05, 4.69) is 0 Å². The molecule has 0 aliphatic heterocycles. The van der Waals surface area contributed by atoms with E-state index < -0.39 is 5.97 Å². The monoisotopic (exact) mass is 276 g/mol. The van der Waals surface area contributed by atoms with Crippen LogP contribution in [0.5, 0.6) is 0 Å². The number of benzene rings is 2. The average Bonchev–Trinajstić information content (AvgIpc) is 2.42. The van der Waals surface area contributed by atoms with Gasteiger partial charge in [0, 0.05) is 5.02 Å². The van der Waals surface area contributed by atoms with Gasteiger partial charge in [0.05, 0.1) is 5.56 Å². The number of aryl methyl sites for hydroxylation is 1. The molecule has 2 aromatic carbocycles. The van der Waals surface area contributed by atoms with Crippen molar-refractivity contribution in [2.24, 2.45) is 0 Å². The molecule has 0 spiro atoms. The van der Waals surface area contributed by atoms with Gasteiger partial charge in [0.25, 0.3) is 0 Å². The molecule has 0 saturated heterocycles. The van der Waals surface area contributed by atoms with E-state index in [9.17, 15) is 4.79 Å². The zero-order valence-corrected chi connectivity index (χ0v) is 12.0. The van der Waals surface area contributed by atoms with Gasteiger partial charge in [-0.1, -0.05) is 43.6 Å². The molecule has 0 bridgehead atoms. The van der Waals surface area contributed by atoms with Crippen molar-refractivity contribution < 1.29 is 9.90 Å². The third kappa shape index (κ3) is 3.83. The largest absolute Gasteiger partial charge is 0.478 e. The topological polar surface area (TPSA) is 37.3 Å². The summed E-state index contributed by atoms with van der Waals surface area (Å²) in [6.45, 7) is 5.90. The van der Waals surface area contributed by atoms with Crippen molar-refractivity contribution in [3.63, 3.8) is 0 Å². The van der Waals surface area contributed by atoms with Crippen LogP contribution in [-0.4, -0.2) is 11.1 Å². The molecule has 100 valence electrons. The lowest BCUT2D eigenvalue weighted by Crippen LogP contribution is -1.97. The summed E-state index contributed by atoms with van der Waals surface area (Å²) in [4.78, 5) is 10.8. The lowest BCUT2D eigenvalue weighted by atomic mass is 9.98. The summed E-state index contributed by atoms with van der Waals surface area (Å²) in [6.07, 6.45) is 0. The fourth-order valence-corrected chi connectivity index (χ4v) is 1.88. The van der Waals surface area contributed by atoms with E-state index in [0.717, 1.165) is 16.7 Å². The Balaban J connectivity index is 0.000000861. The van der Waals surface area contributed by atoms with Crippen LogP contribution in [0.15, 0.2) is 42.5 Å². The first-order chi connectivity index (χ1) is 9.08. The Morgan fingerprint density at radius 3 is 2.11 bits per heavy atom. The number of aromatic carboxylic acids is 1. The van der Waals surface area contributed by atoms with Gasteiger partial charge in [0.2, 0.25) is 0 Å². The Hall–Kier alpha value is -1.80. The number of carbonyl (C=O) groups is 1. The number of halogens is 1. The highest BCUT2D eigenvalue weighted by atomic mass is 35.5. The zero-order chi connectivity index (χ0) is 14.4. The van der Waals surface area contributed by atoms with Crippen molar-refractivity contribution >= 4 is 17.6 Å². The maximum absolute atomic E-state index is 10.8. The average molecular weight is 277 g/mol. The molecule has 0 saturated carbocycles. The van der Waals surface area contributed by atoms with Crippen molar-refractivity contribution in [2.75, 3.05) is 0 Å². The molecular weight excluding hydrogens is 260 g/mol. The summed E-state index contributed by atoms with van der Waals surface area (Å²) in [7, 11) is 0. The molecule has 2 aromatic rings. The van der Waals surface area contributed by atoms with Crippen molar-refractivity contribution in [3.8, 4) is 11.1 Å². The lowest BCUT2D eigenvalue weighted by molar-refractivity contribution is 0.0697. The minimum atomic E-state index is -0.907. The van der Waals surface area contributed by atoms with Gasteiger partial charge in [-0.15, -0.1) is 0 Å². The predicted molar refractivity (Wildman–Crippen MR) is 79.9 cm³/mol. The van der Waals surface area contributed by atoms with E-state index in [-0.39, 0.29) is 0 Å². The minimum absolute atomic E-state index is 0.306. The fraction of sp³-hybridized carbons (Fsp3) is 0.188. The molecule has 2 rings (SSSR count). The third-order valence-electron chi connectivity index (χ3n) is 2.63. The fourth-order valence-electron chi connectivity index (χ4n) is 1.75. The smallest absolute Gasteiger partial charge is 0.335 e. The SMILES string of the molecule is CC.Cc1cc(C(=O)O)ccc1-c1ccc(Cl)cc1. The van der Waals surface area contributed by atoms with E-state index in [1.54, 1.807) is 12.1 Å². The van der Waals surface area contributed by atoms with Crippen LogP contribution in [0.25, 0.3) is 11.1 Å². The Morgan fingerprint density at radius 2 is 1.63 bits per heavy atom. The van der Waals surface area contributed by atoms with Gasteiger partial charge in [0.15, 0.2) is 0 Å². The third-order valence-corrected chi connectivity index (χ3v) is 2.88. The first-order valence-corrected chi connectivity index (χ1v) is 6.55. The number of hydrogen-bond donors (Lipinski definition) is 1. The van der Waals surface area contributed by atoms with Crippen LogP contribution in [0.1, 0.15) is 29.8 Å². The van der Waals surface area contributed by atoms with Crippen LogP contribution in [0.3, 0.4) is 0 Å². The van der Waals surface area contributed by atoms with E-state index in [1.807, 2.05) is 51.1 Å². The molecule has 0 atom stereocenters. The van der Waals surface area contributed by atoms with Crippen LogP contribution < -0.4 is 0 Å². The van der Waals surface area contributed by atoms with Gasteiger partial charge in [-0.2, -0.15) is 0 Å². The minimum Gasteiger partial charge on any atom is -0.478 e. The maximum Gasteiger partial charge on any atom is 0.335 e. The first-order valence-electron chi connectivity index (χ1n) is 6.18. The molecule has 0 aliphatic rings. The molecule has 0 heterocycles. The summed E-state index contributed by atoms with van der Waals surface area (Å²) in [6, 6.07) is 12.6. The van der Waals surface area contributed by atoms with Crippen LogP contribution in [0.2, 0.25) is 5.02 Å². The second-order valence-corrected chi connectivity index (χ2v) is 4.28. The second kappa shape index (κ2) is 6.95. The maximum atomic E-state index is 10.8. The summed E-state index contributed by atoms with van der Waals surface area (Å²) in [5.74, 6) is -0.907. The Labute approximate surface area is 118 Å². The zero-order valence-electron chi connectivity index (χ0n) is 11.3. The summed E-state index contributed by atoms with van der Waals surface area (Å²) in [5, 5.41) is 9.58. The van der Waals surface area contributed by atoms with Gasteiger partial charge in [-0.3, -0.25) is 0 Å². The Morgan fingerprint density at radius 1 is 1.05 bits per heavy atom. The highest BCUT2D eigenvalue weighted by molar-refractivity contribution is 6.30. The molecule has 0 aromatic heterocycles. The number of carboxylic acid groups (broad SMARTS) is 1. The Kier molecular flexibility index (Phi) is 5.58. The van der Waals surface area contributed by atoms with Gasteiger partial charge < -0.3 is 5.11 Å². The van der Waals surface area contributed by atoms with Gasteiger partial charge in [-0.05, 0) is 47.9 Å². The molecule has 19 heavy (non-hydrogen) atoms. The second-order valence-electron chi connectivity index (χ2n) is 3.84. The molecule has 3 heteroatoms. The van der Waals surface area contributed by atoms with Gasteiger partial charge in [0.1, 0.15) is 0 Å². The highest BCUT2D eigenvalue weighted by Gasteiger charge is 2.06. The summed E-state index contributed by atoms with van der Waals surface area (Å²) < 4.78 is 0. The number of carboxylic acids is 1. The molecule has 0 radical (unpaired) electrons. The highest BCUT2D eigenvalue weighted by Crippen LogP contribution is 2.25. The predicted octanol–water partition coefficient (Wildman–Crippen LogP) is 5.04.